The minimum absolute atomic E-state index is 0.105. The number of hydrogen-bond acceptors (Lipinski definition) is 2. The van der Waals surface area contributed by atoms with Gasteiger partial charge >= 0.3 is 0 Å². The summed E-state index contributed by atoms with van der Waals surface area (Å²) in [6, 6.07) is 2.49. The molecule has 1 unspecified atom stereocenters. The molecule has 20 heavy (non-hydrogen) atoms. The average molecular weight is 346 g/mol. The number of piperidine rings is 1. The number of rotatable bonds is 5. The molecule has 1 aliphatic rings. The fourth-order valence-electron chi connectivity index (χ4n) is 2.55. The van der Waals surface area contributed by atoms with Crippen molar-refractivity contribution in [2.24, 2.45) is 5.92 Å². The molecule has 2 rings (SSSR count). The summed E-state index contributed by atoms with van der Waals surface area (Å²) >= 11 is 3.01. The van der Waals surface area contributed by atoms with Crippen molar-refractivity contribution in [3.05, 3.63) is 33.8 Å². The highest BCUT2D eigenvalue weighted by Gasteiger charge is 2.18. The standard InChI is InChI=1S/C15H18BrF2NO/c16-13-5-6-14(17)12(15(13)18)8-11(20)4-3-10-2-1-7-19-9-10/h5-6,10,19H,1-4,7-9H2. The van der Waals surface area contributed by atoms with Crippen LogP contribution in [0, 0.1) is 17.6 Å². The highest BCUT2D eigenvalue weighted by atomic mass is 79.9. The van der Waals surface area contributed by atoms with Crippen molar-refractivity contribution in [2.75, 3.05) is 13.1 Å². The zero-order valence-corrected chi connectivity index (χ0v) is 12.8. The van der Waals surface area contributed by atoms with Gasteiger partial charge in [0.05, 0.1) is 4.47 Å². The van der Waals surface area contributed by atoms with Crippen LogP contribution >= 0.6 is 15.9 Å². The van der Waals surface area contributed by atoms with Crippen molar-refractivity contribution in [2.45, 2.75) is 32.1 Å². The van der Waals surface area contributed by atoms with E-state index in [4.69, 9.17) is 0 Å². The predicted molar refractivity (Wildman–Crippen MR) is 77.6 cm³/mol. The molecule has 2 nitrogen and oxygen atoms in total. The summed E-state index contributed by atoms with van der Waals surface area (Å²) in [5, 5.41) is 3.30. The largest absolute Gasteiger partial charge is 0.316 e. The quantitative estimate of drug-likeness (QED) is 0.825. The van der Waals surface area contributed by atoms with Crippen LogP contribution in [-0.2, 0) is 11.2 Å². The third-order valence-corrected chi connectivity index (χ3v) is 4.36. The van der Waals surface area contributed by atoms with Gasteiger partial charge in [-0.2, -0.15) is 0 Å². The number of hydrogen-bond donors (Lipinski definition) is 1. The van der Waals surface area contributed by atoms with E-state index in [1.807, 2.05) is 0 Å². The number of carbonyl (C=O) groups excluding carboxylic acids is 1. The molecule has 1 saturated heterocycles. The van der Waals surface area contributed by atoms with Gasteiger partial charge < -0.3 is 5.32 Å². The number of ketones is 1. The maximum atomic E-state index is 13.8. The maximum absolute atomic E-state index is 13.8. The SMILES string of the molecule is O=C(CCC1CCCNC1)Cc1c(F)ccc(Br)c1F. The van der Waals surface area contributed by atoms with E-state index in [1.54, 1.807) is 0 Å². The van der Waals surface area contributed by atoms with E-state index in [-0.39, 0.29) is 22.2 Å². The highest BCUT2D eigenvalue weighted by molar-refractivity contribution is 9.10. The molecule has 1 atom stereocenters. The molecule has 1 aliphatic heterocycles. The Hall–Kier alpha value is -0.810. The monoisotopic (exact) mass is 345 g/mol. The Morgan fingerprint density at radius 1 is 1.40 bits per heavy atom. The first-order valence-electron chi connectivity index (χ1n) is 6.92. The van der Waals surface area contributed by atoms with Crippen LogP contribution in [0.1, 0.15) is 31.2 Å². The third kappa shape index (κ3) is 4.09. The van der Waals surface area contributed by atoms with Crippen LogP contribution in [0.3, 0.4) is 0 Å². The third-order valence-electron chi connectivity index (χ3n) is 3.74. The smallest absolute Gasteiger partial charge is 0.143 e. The van der Waals surface area contributed by atoms with Crippen molar-refractivity contribution < 1.29 is 13.6 Å². The van der Waals surface area contributed by atoms with Crippen LogP contribution in [0.5, 0.6) is 0 Å². The molecular formula is C15H18BrF2NO. The molecule has 0 saturated carbocycles. The minimum atomic E-state index is -0.669. The van der Waals surface area contributed by atoms with Crippen LogP contribution in [0.2, 0.25) is 0 Å². The summed E-state index contributed by atoms with van der Waals surface area (Å²) in [6.45, 7) is 1.98. The normalized spacial score (nSPS) is 19.1. The molecule has 0 spiro atoms. The van der Waals surface area contributed by atoms with E-state index >= 15 is 0 Å². The Kier molecular flexibility index (Phi) is 5.66. The van der Waals surface area contributed by atoms with Gasteiger partial charge in [0, 0.05) is 18.4 Å². The number of halogens is 3. The molecular weight excluding hydrogens is 328 g/mol. The Morgan fingerprint density at radius 3 is 2.90 bits per heavy atom. The van der Waals surface area contributed by atoms with E-state index in [1.165, 1.54) is 12.1 Å². The van der Waals surface area contributed by atoms with E-state index in [2.05, 4.69) is 21.2 Å². The molecule has 1 N–H and O–H groups in total. The first-order valence-corrected chi connectivity index (χ1v) is 7.72. The van der Waals surface area contributed by atoms with Gasteiger partial charge in [0.25, 0.3) is 0 Å². The average Bonchev–Trinajstić information content (AvgIpc) is 2.46. The van der Waals surface area contributed by atoms with Crippen LogP contribution in [0.25, 0.3) is 0 Å². The highest BCUT2D eigenvalue weighted by Crippen LogP contribution is 2.23. The van der Waals surface area contributed by atoms with E-state index in [9.17, 15) is 13.6 Å². The number of carbonyl (C=O) groups is 1. The minimum Gasteiger partial charge on any atom is -0.316 e. The van der Waals surface area contributed by atoms with Crippen molar-refractivity contribution in [1.29, 1.82) is 0 Å². The molecule has 0 bridgehead atoms. The van der Waals surface area contributed by atoms with Gasteiger partial charge in [0.15, 0.2) is 0 Å². The molecule has 0 aliphatic carbocycles. The lowest BCUT2D eigenvalue weighted by atomic mass is 9.92. The van der Waals surface area contributed by atoms with Gasteiger partial charge in [-0.3, -0.25) is 4.79 Å². The summed E-state index contributed by atoms with van der Waals surface area (Å²) in [6.07, 6.45) is 3.27. The molecule has 0 radical (unpaired) electrons. The van der Waals surface area contributed by atoms with Gasteiger partial charge in [-0.15, -0.1) is 0 Å². The van der Waals surface area contributed by atoms with E-state index in [0.717, 1.165) is 32.4 Å². The summed E-state index contributed by atoms with van der Waals surface area (Å²) in [5.74, 6) is -0.924. The van der Waals surface area contributed by atoms with Crippen LogP contribution < -0.4 is 5.32 Å². The van der Waals surface area contributed by atoms with E-state index < -0.39 is 11.6 Å². The maximum Gasteiger partial charge on any atom is 0.143 e. The predicted octanol–water partition coefficient (Wildman–Crippen LogP) is 3.62. The summed E-state index contributed by atoms with van der Waals surface area (Å²) < 4.78 is 27.5. The Bertz CT molecular complexity index is 487. The lowest BCUT2D eigenvalue weighted by molar-refractivity contribution is -0.118. The second-order valence-corrected chi connectivity index (χ2v) is 6.14. The first kappa shape index (κ1) is 15.6. The van der Waals surface area contributed by atoms with Crippen molar-refractivity contribution in [1.82, 2.24) is 5.32 Å². The van der Waals surface area contributed by atoms with Crippen molar-refractivity contribution in [3.63, 3.8) is 0 Å². The Morgan fingerprint density at radius 2 is 2.20 bits per heavy atom. The second kappa shape index (κ2) is 7.27. The number of benzene rings is 1. The molecule has 5 heteroatoms. The van der Waals surface area contributed by atoms with Gasteiger partial charge in [0.2, 0.25) is 0 Å². The van der Waals surface area contributed by atoms with Crippen LogP contribution in [0.4, 0.5) is 8.78 Å². The zero-order chi connectivity index (χ0) is 14.5. The first-order chi connectivity index (χ1) is 9.58. The van der Waals surface area contributed by atoms with Gasteiger partial charge in [-0.05, 0) is 66.3 Å². The molecule has 110 valence electrons. The van der Waals surface area contributed by atoms with Crippen molar-refractivity contribution in [3.8, 4) is 0 Å². The molecule has 1 aromatic carbocycles. The van der Waals surface area contributed by atoms with E-state index in [0.29, 0.717) is 12.3 Å². The second-order valence-electron chi connectivity index (χ2n) is 5.29. The molecule has 0 amide bonds. The lowest BCUT2D eigenvalue weighted by Gasteiger charge is -2.22. The molecule has 1 heterocycles. The zero-order valence-electron chi connectivity index (χ0n) is 11.2. The van der Waals surface area contributed by atoms with Gasteiger partial charge in [0.1, 0.15) is 17.4 Å². The van der Waals surface area contributed by atoms with Gasteiger partial charge in [-0.1, -0.05) is 0 Å². The number of nitrogens with one attached hydrogen (secondary N) is 1. The number of Topliss-reactive ketones (excluding diaryl/α,β-unsaturated/α-hetero) is 1. The van der Waals surface area contributed by atoms with Crippen LogP contribution in [-0.4, -0.2) is 18.9 Å². The van der Waals surface area contributed by atoms with Gasteiger partial charge in [-0.25, -0.2) is 8.78 Å². The fraction of sp³-hybridized carbons (Fsp3) is 0.533. The fourth-order valence-corrected chi connectivity index (χ4v) is 2.92. The topological polar surface area (TPSA) is 29.1 Å². The molecule has 0 aromatic heterocycles. The summed E-state index contributed by atoms with van der Waals surface area (Å²) in [7, 11) is 0. The Balaban J connectivity index is 1.89. The summed E-state index contributed by atoms with van der Waals surface area (Å²) in [5.41, 5.74) is -0.133. The lowest BCUT2D eigenvalue weighted by Crippen LogP contribution is -2.30. The molecule has 1 fully saturated rings. The van der Waals surface area contributed by atoms with Crippen LogP contribution in [0.15, 0.2) is 16.6 Å². The molecule has 1 aromatic rings. The summed E-state index contributed by atoms with van der Waals surface area (Å²) in [4.78, 5) is 11.9. The Labute approximate surface area is 126 Å². The van der Waals surface area contributed by atoms with Crippen molar-refractivity contribution >= 4 is 21.7 Å².